The van der Waals surface area contributed by atoms with Crippen molar-refractivity contribution in [1.82, 2.24) is 9.62 Å². The predicted molar refractivity (Wildman–Crippen MR) is 86.1 cm³/mol. The number of nitrogens with zero attached hydrogens (tertiary/aromatic N) is 1. The molecule has 0 aliphatic carbocycles. The Bertz CT molecular complexity index is 537. The second kappa shape index (κ2) is 7.24. The molecule has 1 aromatic carbocycles. The summed E-state index contributed by atoms with van der Waals surface area (Å²) < 4.78 is 26.2. The van der Waals surface area contributed by atoms with Gasteiger partial charge in [0.2, 0.25) is 10.0 Å². The maximum atomic E-state index is 11.8. The fourth-order valence-electron chi connectivity index (χ4n) is 2.60. The van der Waals surface area contributed by atoms with Crippen molar-refractivity contribution in [2.45, 2.75) is 37.6 Å². The van der Waals surface area contributed by atoms with Crippen molar-refractivity contribution in [2.75, 3.05) is 31.5 Å². The van der Waals surface area contributed by atoms with Crippen LogP contribution in [-0.4, -0.2) is 45.5 Å². The Labute approximate surface area is 127 Å². The molecule has 0 saturated carbocycles. The van der Waals surface area contributed by atoms with Crippen LogP contribution in [0.15, 0.2) is 29.2 Å². The molecule has 21 heavy (non-hydrogen) atoms. The van der Waals surface area contributed by atoms with Gasteiger partial charge >= 0.3 is 0 Å². The number of nitrogens with one attached hydrogen (secondary N) is 2. The summed E-state index contributed by atoms with van der Waals surface area (Å²) in [7, 11) is -3.36. The molecule has 2 N–H and O–H groups in total. The molecule has 1 atom stereocenters. The van der Waals surface area contributed by atoms with E-state index < -0.39 is 10.0 Å². The lowest BCUT2D eigenvalue weighted by Gasteiger charge is -2.24. The van der Waals surface area contributed by atoms with E-state index in [2.05, 4.69) is 21.9 Å². The zero-order chi connectivity index (χ0) is 15.3. The molecule has 0 aromatic heterocycles. The monoisotopic (exact) mass is 311 g/mol. The third-order valence-corrected chi connectivity index (χ3v) is 5.43. The van der Waals surface area contributed by atoms with Gasteiger partial charge in [0.1, 0.15) is 0 Å². The molecule has 5 nitrogen and oxygen atoms in total. The SMILES string of the molecule is CCNS(=O)(=O)c1ccc(NCC(C)N2CCCC2)cc1. The average molecular weight is 311 g/mol. The highest BCUT2D eigenvalue weighted by Gasteiger charge is 2.17. The molecule has 6 heteroatoms. The summed E-state index contributed by atoms with van der Waals surface area (Å²) in [6, 6.07) is 7.42. The summed E-state index contributed by atoms with van der Waals surface area (Å²) in [6.07, 6.45) is 2.59. The number of hydrogen-bond donors (Lipinski definition) is 2. The Balaban J connectivity index is 1.90. The standard InChI is InChI=1S/C15H25N3O2S/c1-3-17-21(19,20)15-8-6-14(7-9-15)16-12-13(2)18-10-4-5-11-18/h6-9,13,16-17H,3-5,10-12H2,1-2H3. The molecule has 118 valence electrons. The van der Waals surface area contributed by atoms with E-state index in [9.17, 15) is 8.42 Å². The van der Waals surface area contributed by atoms with E-state index in [0.29, 0.717) is 17.5 Å². The largest absolute Gasteiger partial charge is 0.383 e. The van der Waals surface area contributed by atoms with Gasteiger partial charge in [0.15, 0.2) is 0 Å². The quantitative estimate of drug-likeness (QED) is 0.807. The van der Waals surface area contributed by atoms with E-state index in [1.807, 2.05) is 12.1 Å². The maximum absolute atomic E-state index is 11.8. The molecule has 1 aliphatic heterocycles. The van der Waals surface area contributed by atoms with Crippen LogP contribution in [0.25, 0.3) is 0 Å². The molecule has 0 radical (unpaired) electrons. The Morgan fingerprint density at radius 1 is 1.19 bits per heavy atom. The van der Waals surface area contributed by atoms with Crippen molar-refractivity contribution < 1.29 is 8.42 Å². The van der Waals surface area contributed by atoms with Crippen LogP contribution >= 0.6 is 0 Å². The van der Waals surface area contributed by atoms with Crippen molar-refractivity contribution in [3.8, 4) is 0 Å². The summed E-state index contributed by atoms with van der Waals surface area (Å²) in [5, 5.41) is 3.38. The summed E-state index contributed by atoms with van der Waals surface area (Å²) in [6.45, 7) is 7.63. The van der Waals surface area contributed by atoms with E-state index in [1.54, 1.807) is 19.1 Å². The number of anilines is 1. The summed E-state index contributed by atoms with van der Waals surface area (Å²) in [5.74, 6) is 0. The molecule has 1 heterocycles. The molecule has 0 amide bonds. The lowest BCUT2D eigenvalue weighted by atomic mass is 10.2. The third-order valence-electron chi connectivity index (χ3n) is 3.86. The summed E-state index contributed by atoms with van der Waals surface area (Å²) >= 11 is 0. The van der Waals surface area contributed by atoms with Crippen LogP contribution < -0.4 is 10.0 Å². The van der Waals surface area contributed by atoms with Gasteiger partial charge in [-0.15, -0.1) is 0 Å². The molecular weight excluding hydrogens is 286 g/mol. The molecule has 1 saturated heterocycles. The third kappa shape index (κ3) is 4.43. The van der Waals surface area contributed by atoms with Crippen LogP contribution in [0.5, 0.6) is 0 Å². The highest BCUT2D eigenvalue weighted by Crippen LogP contribution is 2.15. The van der Waals surface area contributed by atoms with Crippen molar-refractivity contribution in [3.63, 3.8) is 0 Å². The predicted octanol–water partition coefficient (Wildman–Crippen LogP) is 1.88. The number of sulfonamides is 1. The van der Waals surface area contributed by atoms with Crippen LogP contribution in [0.1, 0.15) is 26.7 Å². The van der Waals surface area contributed by atoms with Crippen LogP contribution in [0.2, 0.25) is 0 Å². The number of likely N-dealkylation sites (tertiary alicyclic amines) is 1. The van der Waals surface area contributed by atoms with Gasteiger partial charge in [0.25, 0.3) is 0 Å². The first kappa shape index (κ1) is 16.3. The number of benzene rings is 1. The van der Waals surface area contributed by atoms with Crippen LogP contribution in [0.3, 0.4) is 0 Å². The zero-order valence-electron chi connectivity index (χ0n) is 12.8. The minimum atomic E-state index is -3.36. The second-order valence-corrected chi connectivity index (χ2v) is 7.27. The van der Waals surface area contributed by atoms with Crippen molar-refractivity contribution in [3.05, 3.63) is 24.3 Å². The molecule has 1 aromatic rings. The molecule has 0 bridgehead atoms. The van der Waals surface area contributed by atoms with Gasteiger partial charge in [-0.2, -0.15) is 0 Å². The van der Waals surface area contributed by atoms with Gasteiger partial charge in [-0.25, -0.2) is 13.1 Å². The van der Waals surface area contributed by atoms with Crippen molar-refractivity contribution >= 4 is 15.7 Å². The number of hydrogen-bond acceptors (Lipinski definition) is 4. The van der Waals surface area contributed by atoms with E-state index >= 15 is 0 Å². The van der Waals surface area contributed by atoms with Gasteiger partial charge < -0.3 is 5.32 Å². The number of rotatable bonds is 7. The van der Waals surface area contributed by atoms with Gasteiger partial charge in [-0.3, -0.25) is 4.90 Å². The lowest BCUT2D eigenvalue weighted by molar-refractivity contribution is 0.269. The summed E-state index contributed by atoms with van der Waals surface area (Å²) in [5.41, 5.74) is 0.955. The van der Waals surface area contributed by atoms with Crippen LogP contribution in [-0.2, 0) is 10.0 Å². The van der Waals surface area contributed by atoms with E-state index in [0.717, 1.165) is 12.2 Å². The van der Waals surface area contributed by atoms with E-state index in [-0.39, 0.29) is 0 Å². The minimum Gasteiger partial charge on any atom is -0.383 e. The molecule has 1 unspecified atom stereocenters. The smallest absolute Gasteiger partial charge is 0.240 e. The molecule has 2 rings (SSSR count). The maximum Gasteiger partial charge on any atom is 0.240 e. The van der Waals surface area contributed by atoms with E-state index in [4.69, 9.17) is 0 Å². The molecule has 1 aliphatic rings. The Hall–Kier alpha value is -1.11. The highest BCUT2D eigenvalue weighted by atomic mass is 32.2. The van der Waals surface area contributed by atoms with Gasteiger partial charge in [0, 0.05) is 24.8 Å². The topological polar surface area (TPSA) is 61.4 Å². The average Bonchev–Trinajstić information content (AvgIpc) is 2.99. The van der Waals surface area contributed by atoms with Crippen LogP contribution in [0, 0.1) is 0 Å². The summed E-state index contributed by atoms with van der Waals surface area (Å²) in [4.78, 5) is 2.79. The van der Waals surface area contributed by atoms with Crippen LogP contribution in [0.4, 0.5) is 5.69 Å². The second-order valence-electron chi connectivity index (χ2n) is 5.50. The van der Waals surface area contributed by atoms with Gasteiger partial charge in [0.05, 0.1) is 4.90 Å². The fourth-order valence-corrected chi connectivity index (χ4v) is 3.64. The minimum absolute atomic E-state index is 0.308. The first-order valence-electron chi connectivity index (χ1n) is 7.60. The molecular formula is C15H25N3O2S. The van der Waals surface area contributed by atoms with Crippen molar-refractivity contribution in [1.29, 1.82) is 0 Å². The Morgan fingerprint density at radius 3 is 2.38 bits per heavy atom. The Morgan fingerprint density at radius 2 is 1.81 bits per heavy atom. The first-order valence-corrected chi connectivity index (χ1v) is 9.09. The van der Waals surface area contributed by atoms with E-state index in [1.165, 1.54) is 25.9 Å². The lowest BCUT2D eigenvalue weighted by Crippen LogP contribution is -2.35. The molecule has 0 spiro atoms. The fraction of sp³-hybridized carbons (Fsp3) is 0.600. The van der Waals surface area contributed by atoms with Gasteiger partial charge in [-0.1, -0.05) is 6.92 Å². The van der Waals surface area contributed by atoms with Crippen molar-refractivity contribution in [2.24, 2.45) is 0 Å². The normalized spacial score (nSPS) is 17.8. The Kier molecular flexibility index (Phi) is 5.61. The first-order chi connectivity index (χ1) is 10.0. The van der Waals surface area contributed by atoms with Gasteiger partial charge in [-0.05, 0) is 57.1 Å². The molecule has 1 fully saturated rings. The zero-order valence-corrected chi connectivity index (χ0v) is 13.6. The highest BCUT2D eigenvalue weighted by molar-refractivity contribution is 7.89.